The monoisotopic (exact) mass is 162 g/mol. The van der Waals surface area contributed by atoms with Gasteiger partial charge in [0.1, 0.15) is 0 Å². The van der Waals surface area contributed by atoms with Gasteiger partial charge in [-0.2, -0.15) is 0 Å². The zero-order valence-electron chi connectivity index (χ0n) is 5.60. The van der Waals surface area contributed by atoms with Crippen LogP contribution >= 0.6 is 0 Å². The van der Waals surface area contributed by atoms with Gasteiger partial charge >= 0.3 is 29.6 Å². The first-order chi connectivity index (χ1) is 3.89. The molecule has 0 radical (unpaired) electrons. The van der Waals surface area contributed by atoms with Crippen LogP contribution in [0, 0.1) is 0 Å². The first kappa shape index (κ1) is 12.9. The molecule has 0 rings (SSSR count). The third-order valence-electron chi connectivity index (χ3n) is 0.838. The molecule has 1 N–H and O–H groups in total. The molecule has 0 aliphatic carbocycles. The molecule has 0 aliphatic rings. The van der Waals surface area contributed by atoms with Crippen LogP contribution in [0.1, 0.15) is 6.92 Å². The summed E-state index contributed by atoms with van der Waals surface area (Å²) in [4.78, 5) is 9.62. The molecule has 1 atom stereocenters. The van der Waals surface area contributed by atoms with Crippen LogP contribution in [0.25, 0.3) is 0 Å². The summed E-state index contributed by atoms with van der Waals surface area (Å²) in [5.41, 5.74) is -3.03. The average Bonchev–Trinajstić information content (AvgIpc) is 1.65. The summed E-state index contributed by atoms with van der Waals surface area (Å²) in [6.07, 6.45) is -3.32. The number of carbonyl (C=O) groups excluding carboxylic acids is 1. The second-order valence-electron chi connectivity index (χ2n) is 1.74. The number of carboxylic acids is 1. The van der Waals surface area contributed by atoms with Crippen molar-refractivity contribution in [2.75, 3.05) is 0 Å². The van der Waals surface area contributed by atoms with E-state index in [1.807, 2.05) is 0 Å². The van der Waals surface area contributed by atoms with Crippen molar-refractivity contribution in [2.45, 2.75) is 19.0 Å². The van der Waals surface area contributed by atoms with Crippen molar-refractivity contribution in [3.8, 4) is 0 Å². The van der Waals surface area contributed by atoms with Crippen LogP contribution in [0.2, 0.25) is 0 Å². The number of hydrogen-bond donors (Lipinski definition) is 1. The van der Waals surface area contributed by atoms with Gasteiger partial charge in [0.15, 0.2) is 5.60 Å². The molecule has 0 aliphatic heterocycles. The maximum absolute atomic E-state index is 11.4. The van der Waals surface area contributed by atoms with Crippen LogP contribution in [0.3, 0.4) is 0 Å². The Kier molecular flexibility index (Phi) is 5.46. The van der Waals surface area contributed by atoms with Gasteiger partial charge in [0.05, 0.1) is 5.97 Å². The van der Waals surface area contributed by atoms with Crippen LogP contribution < -0.4 is 34.7 Å². The van der Waals surface area contributed by atoms with Crippen LogP contribution in [0.15, 0.2) is 0 Å². The van der Waals surface area contributed by atoms with Crippen molar-refractivity contribution in [2.24, 2.45) is 0 Å². The molecule has 0 spiro atoms. The molecule has 54 valence electrons. The smallest absolute Gasteiger partial charge is 0.547 e. The molecule has 0 saturated heterocycles. The minimum Gasteiger partial charge on any atom is -0.547 e. The molecule has 3 nitrogen and oxygen atoms in total. The van der Waals surface area contributed by atoms with Gasteiger partial charge in [0.25, 0.3) is 6.43 Å². The van der Waals surface area contributed by atoms with Crippen molar-refractivity contribution in [1.82, 2.24) is 0 Å². The van der Waals surface area contributed by atoms with E-state index in [9.17, 15) is 18.7 Å². The molecule has 0 aromatic carbocycles. The summed E-state index contributed by atoms with van der Waals surface area (Å²) in [5.74, 6) is -2.17. The van der Waals surface area contributed by atoms with E-state index in [0.29, 0.717) is 6.92 Å². The Morgan fingerprint density at radius 2 is 2.00 bits per heavy atom. The van der Waals surface area contributed by atoms with Crippen LogP contribution in [0.4, 0.5) is 8.78 Å². The van der Waals surface area contributed by atoms with E-state index in [1.54, 1.807) is 0 Å². The summed E-state index contributed by atoms with van der Waals surface area (Å²) in [5, 5.41) is 17.9. The predicted molar refractivity (Wildman–Crippen MR) is 21.6 cm³/mol. The molecule has 6 heteroatoms. The Balaban J connectivity index is 0. The van der Waals surface area contributed by atoms with Gasteiger partial charge in [0, 0.05) is 0 Å². The van der Waals surface area contributed by atoms with Gasteiger partial charge < -0.3 is 15.0 Å². The number of alkyl halides is 2. The average molecular weight is 162 g/mol. The van der Waals surface area contributed by atoms with Crippen molar-refractivity contribution in [3.05, 3.63) is 0 Å². The largest absolute Gasteiger partial charge is 1.00 e. The van der Waals surface area contributed by atoms with Crippen molar-refractivity contribution in [3.63, 3.8) is 0 Å². The predicted octanol–water partition coefficient (Wildman–Crippen LogP) is -4.24. The third-order valence-corrected chi connectivity index (χ3v) is 0.838. The van der Waals surface area contributed by atoms with E-state index < -0.39 is 18.0 Å². The Hall–Kier alpha value is 0.290. The Morgan fingerprint density at radius 1 is 1.70 bits per heavy atom. The summed E-state index contributed by atoms with van der Waals surface area (Å²) in [7, 11) is 0. The molecule has 0 amide bonds. The fourth-order valence-corrected chi connectivity index (χ4v) is 0.0891. The van der Waals surface area contributed by atoms with E-state index in [1.165, 1.54) is 0 Å². The number of carboxylic acid groups (broad SMARTS) is 1. The number of halogens is 2. The zero-order chi connectivity index (χ0) is 7.65. The topological polar surface area (TPSA) is 60.4 Å². The SMILES string of the molecule is CC(O)(C(=O)[O-])C(F)F.[Na+]. The van der Waals surface area contributed by atoms with E-state index in [-0.39, 0.29) is 29.6 Å². The normalized spacial score (nSPS) is 15.7. The number of rotatable bonds is 2. The van der Waals surface area contributed by atoms with Gasteiger partial charge in [-0.1, -0.05) is 0 Å². The summed E-state index contributed by atoms with van der Waals surface area (Å²) >= 11 is 0. The molecule has 10 heavy (non-hydrogen) atoms. The van der Waals surface area contributed by atoms with Gasteiger partial charge in [0.2, 0.25) is 0 Å². The minimum absolute atomic E-state index is 0. The molecule has 0 saturated carbocycles. The fraction of sp³-hybridized carbons (Fsp3) is 0.750. The zero-order valence-corrected chi connectivity index (χ0v) is 7.60. The maximum atomic E-state index is 11.4. The first-order valence-electron chi connectivity index (χ1n) is 2.11. The third kappa shape index (κ3) is 2.92. The van der Waals surface area contributed by atoms with Crippen molar-refractivity contribution < 1.29 is 53.3 Å². The Labute approximate surface area is 78.3 Å². The number of hydrogen-bond acceptors (Lipinski definition) is 3. The number of aliphatic hydroxyl groups is 1. The number of carbonyl (C=O) groups is 1. The molecule has 0 aromatic rings. The van der Waals surface area contributed by atoms with Gasteiger partial charge in [-0.05, 0) is 6.92 Å². The minimum atomic E-state index is -3.32. The van der Waals surface area contributed by atoms with Crippen LogP contribution in [-0.4, -0.2) is 23.1 Å². The van der Waals surface area contributed by atoms with E-state index >= 15 is 0 Å². The Morgan fingerprint density at radius 3 is 2.00 bits per heavy atom. The van der Waals surface area contributed by atoms with Gasteiger partial charge in [-0.25, -0.2) is 8.78 Å². The summed E-state index contributed by atoms with van der Waals surface area (Å²) in [6.45, 7) is 0.479. The van der Waals surface area contributed by atoms with Crippen LogP contribution in [0.5, 0.6) is 0 Å². The molecular weight excluding hydrogens is 157 g/mol. The molecular formula is C4H5F2NaO3. The van der Waals surface area contributed by atoms with Crippen molar-refractivity contribution >= 4 is 5.97 Å². The van der Waals surface area contributed by atoms with E-state index in [0.717, 1.165) is 0 Å². The Bertz CT molecular complexity index is 126. The second-order valence-corrected chi connectivity index (χ2v) is 1.74. The standard InChI is InChI=1S/C4H6F2O3.Na/c1-4(9,2(5)6)3(7)8;/h2,9H,1H3,(H,7,8);/q;+1/p-1. The first-order valence-corrected chi connectivity index (χ1v) is 2.11. The van der Waals surface area contributed by atoms with Gasteiger partial charge in [-0.15, -0.1) is 0 Å². The number of aliphatic carboxylic acids is 1. The van der Waals surface area contributed by atoms with Crippen molar-refractivity contribution in [1.29, 1.82) is 0 Å². The fourth-order valence-electron chi connectivity index (χ4n) is 0.0891. The quantitative estimate of drug-likeness (QED) is 0.418. The van der Waals surface area contributed by atoms with E-state index in [4.69, 9.17) is 5.11 Å². The van der Waals surface area contributed by atoms with Crippen LogP contribution in [-0.2, 0) is 4.79 Å². The van der Waals surface area contributed by atoms with Gasteiger partial charge in [-0.3, -0.25) is 0 Å². The molecule has 0 bridgehead atoms. The second kappa shape index (κ2) is 4.23. The molecule has 1 unspecified atom stereocenters. The summed E-state index contributed by atoms with van der Waals surface area (Å²) < 4.78 is 22.8. The maximum Gasteiger partial charge on any atom is 1.00 e. The molecule has 0 aromatic heterocycles. The van der Waals surface area contributed by atoms with E-state index in [2.05, 4.69) is 0 Å². The molecule has 0 fully saturated rings. The summed E-state index contributed by atoms with van der Waals surface area (Å²) in [6, 6.07) is 0. The molecule has 0 heterocycles.